The molecule has 6 nitrogen and oxygen atoms in total. The third-order valence-corrected chi connectivity index (χ3v) is 3.34. The maximum absolute atomic E-state index is 12.3. The van der Waals surface area contributed by atoms with Crippen LogP contribution < -0.4 is 0 Å². The van der Waals surface area contributed by atoms with Gasteiger partial charge in [-0.3, -0.25) is 4.79 Å². The number of furan rings is 1. The van der Waals surface area contributed by atoms with Crippen LogP contribution in [0.3, 0.4) is 0 Å². The van der Waals surface area contributed by atoms with Crippen molar-refractivity contribution in [2.24, 2.45) is 0 Å². The highest BCUT2D eigenvalue weighted by atomic mass is 16.6. The zero-order chi connectivity index (χ0) is 14.3. The van der Waals surface area contributed by atoms with E-state index in [4.69, 9.17) is 9.15 Å². The lowest BCUT2D eigenvalue weighted by Crippen LogP contribution is -2.50. The van der Waals surface area contributed by atoms with Crippen LogP contribution in [0.5, 0.6) is 0 Å². The highest BCUT2D eigenvalue weighted by Gasteiger charge is 2.36. The fourth-order valence-corrected chi connectivity index (χ4v) is 2.33. The number of rotatable bonds is 1. The molecule has 0 saturated heterocycles. The Morgan fingerprint density at radius 3 is 2.90 bits per heavy atom. The molecule has 0 atom stereocenters. The molecule has 0 N–H and O–H groups in total. The van der Waals surface area contributed by atoms with E-state index < -0.39 is 6.09 Å². The van der Waals surface area contributed by atoms with Gasteiger partial charge in [-0.25, -0.2) is 14.8 Å². The molecule has 0 aliphatic carbocycles. The van der Waals surface area contributed by atoms with Gasteiger partial charge in [0.25, 0.3) is 0 Å². The molecule has 0 spiro atoms. The highest BCUT2D eigenvalue weighted by molar-refractivity contribution is 6.00. The standard InChI is InChI=1S/C14H14N2O4/c1-3-19-14(18)16-8-10-9-6-4-5-7-11(9)20-12(10)13(17)15(16)2/h4-7H,3,8H2,1-2H3. The summed E-state index contributed by atoms with van der Waals surface area (Å²) in [6.07, 6.45) is -0.542. The number of benzene rings is 1. The average Bonchev–Trinajstić information content (AvgIpc) is 2.82. The van der Waals surface area contributed by atoms with Crippen LogP contribution in [-0.2, 0) is 11.3 Å². The monoisotopic (exact) mass is 274 g/mol. The first-order valence-corrected chi connectivity index (χ1v) is 6.36. The van der Waals surface area contributed by atoms with Gasteiger partial charge >= 0.3 is 12.0 Å². The van der Waals surface area contributed by atoms with Gasteiger partial charge in [-0.15, -0.1) is 0 Å². The number of amides is 2. The van der Waals surface area contributed by atoms with Gasteiger partial charge in [0.15, 0.2) is 5.76 Å². The third kappa shape index (κ3) is 1.72. The van der Waals surface area contributed by atoms with Crippen molar-refractivity contribution in [1.82, 2.24) is 10.0 Å². The second-order valence-electron chi connectivity index (χ2n) is 4.49. The second kappa shape index (κ2) is 4.56. The van der Waals surface area contributed by atoms with Crippen LogP contribution in [-0.4, -0.2) is 35.7 Å². The van der Waals surface area contributed by atoms with E-state index in [1.807, 2.05) is 18.2 Å². The summed E-state index contributed by atoms with van der Waals surface area (Å²) in [4.78, 5) is 24.2. The van der Waals surface area contributed by atoms with Crippen LogP contribution >= 0.6 is 0 Å². The van der Waals surface area contributed by atoms with Gasteiger partial charge < -0.3 is 9.15 Å². The minimum atomic E-state index is -0.542. The number of fused-ring (bicyclic) bond motifs is 3. The number of carbonyl (C=O) groups excluding carboxylic acids is 2. The molecule has 1 aromatic heterocycles. The summed E-state index contributed by atoms with van der Waals surface area (Å²) in [6, 6.07) is 7.39. The fraction of sp³-hybridized carbons (Fsp3) is 0.286. The molecule has 6 heteroatoms. The minimum absolute atomic E-state index is 0.257. The Balaban J connectivity index is 2.08. The van der Waals surface area contributed by atoms with E-state index in [0.29, 0.717) is 5.58 Å². The second-order valence-corrected chi connectivity index (χ2v) is 4.49. The van der Waals surface area contributed by atoms with Gasteiger partial charge in [0.2, 0.25) is 0 Å². The number of hydrogen-bond acceptors (Lipinski definition) is 4. The molecule has 2 amide bonds. The smallest absolute Gasteiger partial charge is 0.429 e. The summed E-state index contributed by atoms with van der Waals surface area (Å²) in [7, 11) is 1.52. The largest absolute Gasteiger partial charge is 0.450 e. The molecular formula is C14H14N2O4. The van der Waals surface area contributed by atoms with Crippen molar-refractivity contribution in [1.29, 1.82) is 0 Å². The Morgan fingerprint density at radius 2 is 2.15 bits per heavy atom. The van der Waals surface area contributed by atoms with E-state index in [9.17, 15) is 9.59 Å². The van der Waals surface area contributed by atoms with Crippen molar-refractivity contribution in [2.45, 2.75) is 13.5 Å². The van der Waals surface area contributed by atoms with Crippen molar-refractivity contribution < 1.29 is 18.7 Å². The van der Waals surface area contributed by atoms with E-state index in [2.05, 4.69) is 0 Å². The molecule has 1 aliphatic heterocycles. The van der Waals surface area contributed by atoms with Crippen molar-refractivity contribution in [3.05, 3.63) is 35.6 Å². The number of hydrazine groups is 1. The summed E-state index contributed by atoms with van der Waals surface area (Å²) in [5, 5.41) is 3.34. The van der Waals surface area contributed by atoms with E-state index >= 15 is 0 Å². The lowest BCUT2D eigenvalue weighted by molar-refractivity contribution is -0.0104. The minimum Gasteiger partial charge on any atom is -0.450 e. The Labute approximate surface area is 115 Å². The first-order chi connectivity index (χ1) is 9.63. The van der Waals surface area contributed by atoms with Crippen LogP contribution in [0.25, 0.3) is 11.0 Å². The van der Waals surface area contributed by atoms with Crippen LogP contribution in [0, 0.1) is 0 Å². The zero-order valence-electron chi connectivity index (χ0n) is 11.3. The quantitative estimate of drug-likeness (QED) is 0.801. The SMILES string of the molecule is CCOC(=O)N1Cc2c(oc3ccccc23)C(=O)N1C. The van der Waals surface area contributed by atoms with Crippen molar-refractivity contribution in [3.63, 3.8) is 0 Å². The summed E-state index contributed by atoms with van der Waals surface area (Å²) in [5.74, 6) is -0.0650. The molecule has 2 heterocycles. The first-order valence-electron chi connectivity index (χ1n) is 6.36. The van der Waals surface area contributed by atoms with E-state index in [-0.39, 0.29) is 24.8 Å². The molecule has 1 aliphatic rings. The molecule has 0 saturated carbocycles. The molecule has 3 rings (SSSR count). The van der Waals surface area contributed by atoms with Gasteiger partial charge in [0.05, 0.1) is 13.2 Å². The number of ether oxygens (including phenoxy) is 1. The van der Waals surface area contributed by atoms with Gasteiger partial charge in [0, 0.05) is 18.0 Å². The lowest BCUT2D eigenvalue weighted by atomic mass is 10.1. The maximum atomic E-state index is 12.3. The zero-order valence-corrected chi connectivity index (χ0v) is 11.3. The molecular weight excluding hydrogens is 260 g/mol. The summed E-state index contributed by atoms with van der Waals surface area (Å²) >= 11 is 0. The highest BCUT2D eigenvalue weighted by Crippen LogP contribution is 2.31. The first kappa shape index (κ1) is 12.5. The van der Waals surface area contributed by atoms with Crippen LogP contribution in [0.15, 0.2) is 28.7 Å². The molecule has 0 unspecified atom stereocenters. The Hall–Kier alpha value is -2.50. The summed E-state index contributed by atoms with van der Waals surface area (Å²) in [5.41, 5.74) is 1.36. The predicted octanol–water partition coefficient (Wildman–Crippen LogP) is 2.39. The van der Waals surface area contributed by atoms with Gasteiger partial charge in [-0.2, -0.15) is 0 Å². The van der Waals surface area contributed by atoms with Gasteiger partial charge in [-0.1, -0.05) is 18.2 Å². The Morgan fingerprint density at radius 1 is 1.40 bits per heavy atom. The molecule has 2 aromatic rings. The molecule has 1 aromatic carbocycles. The predicted molar refractivity (Wildman–Crippen MR) is 70.9 cm³/mol. The molecule has 20 heavy (non-hydrogen) atoms. The Bertz CT molecular complexity index is 692. The average molecular weight is 274 g/mol. The number of para-hydroxylation sites is 1. The van der Waals surface area contributed by atoms with Crippen LogP contribution in [0.1, 0.15) is 23.0 Å². The normalized spacial score (nSPS) is 14.6. The fourth-order valence-electron chi connectivity index (χ4n) is 2.33. The van der Waals surface area contributed by atoms with E-state index in [1.165, 1.54) is 17.1 Å². The van der Waals surface area contributed by atoms with E-state index in [0.717, 1.165) is 10.9 Å². The lowest BCUT2D eigenvalue weighted by Gasteiger charge is -2.33. The summed E-state index contributed by atoms with van der Waals surface area (Å²) < 4.78 is 10.6. The topological polar surface area (TPSA) is 63.0 Å². The number of carbonyl (C=O) groups is 2. The molecule has 0 bridgehead atoms. The number of nitrogens with zero attached hydrogens (tertiary/aromatic N) is 2. The maximum Gasteiger partial charge on any atom is 0.429 e. The van der Waals surface area contributed by atoms with Crippen molar-refractivity contribution >= 4 is 23.0 Å². The number of hydrogen-bond donors (Lipinski definition) is 0. The van der Waals surface area contributed by atoms with Crippen LogP contribution in [0.4, 0.5) is 4.79 Å². The van der Waals surface area contributed by atoms with Crippen molar-refractivity contribution in [3.8, 4) is 0 Å². The Kier molecular flexibility index (Phi) is 2.85. The third-order valence-electron chi connectivity index (χ3n) is 3.34. The van der Waals surface area contributed by atoms with Crippen LogP contribution in [0.2, 0.25) is 0 Å². The van der Waals surface area contributed by atoms with Gasteiger partial charge in [-0.05, 0) is 13.0 Å². The summed E-state index contributed by atoms with van der Waals surface area (Å²) in [6.45, 7) is 2.24. The van der Waals surface area contributed by atoms with Crippen molar-refractivity contribution in [2.75, 3.05) is 13.7 Å². The van der Waals surface area contributed by atoms with Gasteiger partial charge in [0.1, 0.15) is 5.58 Å². The molecule has 104 valence electrons. The molecule has 0 fully saturated rings. The molecule has 0 radical (unpaired) electrons. The van der Waals surface area contributed by atoms with E-state index in [1.54, 1.807) is 13.0 Å².